The number of esters is 1. The minimum absolute atomic E-state index is 0.0562. The Balaban J connectivity index is 1.38. The van der Waals surface area contributed by atoms with E-state index in [9.17, 15) is 19.2 Å². The number of amides is 2. The molecule has 10 heteroatoms. The highest BCUT2D eigenvalue weighted by Crippen LogP contribution is 2.68. The number of carbonyl (C=O) groups excluding carboxylic acids is 3. The normalized spacial score (nSPS) is 35.3. The third-order valence-corrected chi connectivity index (χ3v) is 10.8. The predicted molar refractivity (Wildman–Crippen MR) is 116 cm³/mol. The Morgan fingerprint density at radius 3 is 2.71 bits per heavy atom. The summed E-state index contributed by atoms with van der Waals surface area (Å²) in [5.41, 5.74) is 0. The van der Waals surface area contributed by atoms with Crippen LogP contribution in [0, 0.1) is 29.6 Å². The fraction of sp³-hybridized carbons (Fsp3) is 0.524. The number of H-pyrrole nitrogens is 1. The number of aromatic amines is 1. The zero-order chi connectivity index (χ0) is 21.4. The van der Waals surface area contributed by atoms with Crippen molar-refractivity contribution in [3.8, 4) is 0 Å². The van der Waals surface area contributed by atoms with Gasteiger partial charge in [-0.25, -0.2) is 0 Å². The zero-order valence-corrected chi connectivity index (χ0v) is 19.1. The number of carbonyl (C=O) groups is 3. The lowest BCUT2D eigenvalue weighted by molar-refractivity contribution is -0.153. The molecule has 2 amide bonds. The lowest BCUT2D eigenvalue weighted by atomic mass is 9.69. The lowest BCUT2D eigenvalue weighted by Crippen LogP contribution is -2.42. The van der Waals surface area contributed by atoms with E-state index in [0.717, 1.165) is 21.2 Å². The third kappa shape index (κ3) is 2.70. The Bertz CT molecular complexity index is 1140. The second-order valence-corrected chi connectivity index (χ2v) is 11.7. The van der Waals surface area contributed by atoms with Crippen LogP contribution in [0.1, 0.15) is 29.0 Å². The number of nitrogens with zero attached hydrogens (tertiary/aromatic N) is 1. The monoisotopic (exact) mass is 476 g/mol. The maximum atomic E-state index is 13.3. The molecule has 0 aromatic carbocycles. The number of thiazole rings is 1. The molecule has 2 bridgehead atoms. The molecule has 2 aliphatic carbocycles. The summed E-state index contributed by atoms with van der Waals surface area (Å²) < 4.78 is 4.98. The first-order valence-corrected chi connectivity index (χ1v) is 13.0. The first-order chi connectivity index (χ1) is 15.0. The van der Waals surface area contributed by atoms with Gasteiger partial charge in [-0.05, 0) is 42.5 Å². The number of thiophene rings is 1. The van der Waals surface area contributed by atoms with Crippen LogP contribution in [0.25, 0.3) is 0 Å². The SMILES string of the molecule is CCOC(=O)CN1C(=O)C2C3CC(C2C1=O)C1C3Sc2[nH]c(=O)sc2[C@@H]1c1cccs1. The van der Waals surface area contributed by atoms with Gasteiger partial charge in [0.25, 0.3) is 0 Å². The predicted octanol–water partition coefficient (Wildman–Crippen LogP) is 2.53. The molecule has 3 fully saturated rings. The molecular formula is C21H20N2O5S3. The van der Waals surface area contributed by atoms with Gasteiger partial charge >= 0.3 is 10.8 Å². The number of rotatable bonds is 4. The highest BCUT2D eigenvalue weighted by Gasteiger charge is 2.69. The molecule has 6 unspecified atom stereocenters. The lowest BCUT2D eigenvalue weighted by Gasteiger charge is -2.42. The summed E-state index contributed by atoms with van der Waals surface area (Å²) in [5, 5.41) is 3.14. The maximum absolute atomic E-state index is 13.3. The van der Waals surface area contributed by atoms with E-state index in [1.54, 1.807) is 30.0 Å². The Morgan fingerprint density at radius 2 is 2.00 bits per heavy atom. The van der Waals surface area contributed by atoms with Gasteiger partial charge in [0.15, 0.2) is 0 Å². The zero-order valence-electron chi connectivity index (χ0n) is 16.6. The van der Waals surface area contributed by atoms with Gasteiger partial charge in [0.2, 0.25) is 11.8 Å². The van der Waals surface area contributed by atoms with Gasteiger partial charge in [-0.2, -0.15) is 0 Å². The van der Waals surface area contributed by atoms with Crippen LogP contribution < -0.4 is 4.87 Å². The summed E-state index contributed by atoms with van der Waals surface area (Å²) in [7, 11) is 0. The number of fused-ring (bicyclic) bond motifs is 9. The summed E-state index contributed by atoms with van der Waals surface area (Å²) >= 11 is 4.62. The molecule has 4 heterocycles. The number of thioether (sulfide) groups is 1. The first kappa shape index (κ1) is 19.8. The van der Waals surface area contributed by atoms with Crippen LogP contribution in [0.5, 0.6) is 0 Å². The summed E-state index contributed by atoms with van der Waals surface area (Å²) in [6.07, 6.45) is 0.851. The van der Waals surface area contributed by atoms with E-state index in [1.807, 2.05) is 11.4 Å². The molecule has 0 spiro atoms. The molecule has 2 aliphatic heterocycles. The minimum Gasteiger partial charge on any atom is -0.465 e. The molecule has 162 valence electrons. The quantitative estimate of drug-likeness (QED) is 0.538. The van der Waals surface area contributed by atoms with Crippen molar-refractivity contribution >= 4 is 52.2 Å². The van der Waals surface area contributed by atoms with Crippen molar-refractivity contribution in [3.63, 3.8) is 0 Å². The maximum Gasteiger partial charge on any atom is 0.326 e. The van der Waals surface area contributed by atoms with Crippen molar-refractivity contribution in [1.29, 1.82) is 0 Å². The number of ether oxygens (including phenoxy) is 1. The molecule has 2 aromatic heterocycles. The van der Waals surface area contributed by atoms with E-state index in [0.29, 0.717) is 0 Å². The topological polar surface area (TPSA) is 96.5 Å². The molecule has 2 saturated carbocycles. The number of nitrogens with one attached hydrogen (secondary N) is 1. The average Bonchev–Trinajstić information content (AvgIpc) is 3.52. The molecule has 1 N–H and O–H groups in total. The fourth-order valence-electron chi connectivity index (χ4n) is 6.36. The third-order valence-electron chi connectivity index (χ3n) is 7.26. The Labute approximate surface area is 190 Å². The fourth-order valence-corrected chi connectivity index (χ4v) is 10.2. The number of hydrogen-bond donors (Lipinski definition) is 1. The second kappa shape index (κ2) is 7.05. The van der Waals surface area contributed by atoms with Gasteiger partial charge < -0.3 is 9.72 Å². The van der Waals surface area contributed by atoms with E-state index in [2.05, 4.69) is 11.1 Å². The van der Waals surface area contributed by atoms with E-state index in [1.165, 1.54) is 16.2 Å². The van der Waals surface area contributed by atoms with Gasteiger partial charge in [0.1, 0.15) is 6.54 Å². The van der Waals surface area contributed by atoms with Gasteiger partial charge in [-0.3, -0.25) is 24.1 Å². The molecule has 7 nitrogen and oxygen atoms in total. The first-order valence-electron chi connectivity index (χ1n) is 10.4. The van der Waals surface area contributed by atoms with Crippen molar-refractivity contribution in [3.05, 3.63) is 36.9 Å². The number of likely N-dealkylation sites (tertiary alicyclic amines) is 1. The number of hydrogen-bond acceptors (Lipinski definition) is 8. The van der Waals surface area contributed by atoms with Crippen LogP contribution in [-0.4, -0.2) is 46.1 Å². The standard InChI is InChI=1S/C21H20N2O5S3/c1-2-28-11(24)7-23-19(25)13-8-6-9(14(13)20(23)26)16-12(8)15(10-4-3-5-29-10)17-18(30-16)22-21(27)31-17/h3-5,8-9,12-16H,2,6-7H2,1H3,(H,22,27)/t8?,9?,12?,13?,14?,15-,16?/m1/s1. The van der Waals surface area contributed by atoms with Gasteiger partial charge in [-0.15, -0.1) is 23.1 Å². The Morgan fingerprint density at radius 1 is 1.23 bits per heavy atom. The Kier molecular flexibility index (Phi) is 4.49. The van der Waals surface area contributed by atoms with Crippen LogP contribution >= 0.6 is 34.4 Å². The van der Waals surface area contributed by atoms with E-state index >= 15 is 0 Å². The number of aromatic nitrogens is 1. The van der Waals surface area contributed by atoms with Crippen molar-refractivity contribution in [2.24, 2.45) is 29.6 Å². The molecule has 1 saturated heterocycles. The van der Waals surface area contributed by atoms with Crippen molar-refractivity contribution in [2.75, 3.05) is 13.2 Å². The average molecular weight is 477 g/mol. The second-order valence-electron chi connectivity index (χ2n) is 8.54. The summed E-state index contributed by atoms with van der Waals surface area (Å²) in [6.45, 7) is 1.63. The molecule has 0 radical (unpaired) electrons. The van der Waals surface area contributed by atoms with Crippen LogP contribution in [0.4, 0.5) is 0 Å². The largest absolute Gasteiger partial charge is 0.465 e. The molecule has 4 aliphatic rings. The van der Waals surface area contributed by atoms with Crippen molar-refractivity contribution in [1.82, 2.24) is 9.88 Å². The van der Waals surface area contributed by atoms with Crippen molar-refractivity contribution < 1.29 is 19.1 Å². The van der Waals surface area contributed by atoms with Crippen LogP contribution in [0.2, 0.25) is 0 Å². The Hall–Kier alpha value is -1.91. The molecule has 6 rings (SSSR count). The summed E-state index contributed by atoms with van der Waals surface area (Å²) in [6, 6.07) is 4.13. The smallest absolute Gasteiger partial charge is 0.326 e. The van der Waals surface area contributed by atoms with E-state index in [-0.39, 0.29) is 70.6 Å². The molecule has 7 atom stereocenters. The minimum atomic E-state index is -0.542. The van der Waals surface area contributed by atoms with Gasteiger partial charge in [0, 0.05) is 20.9 Å². The number of imide groups is 1. The van der Waals surface area contributed by atoms with Crippen LogP contribution in [0.15, 0.2) is 27.3 Å². The van der Waals surface area contributed by atoms with Gasteiger partial charge in [0.05, 0.1) is 23.5 Å². The molecule has 31 heavy (non-hydrogen) atoms. The van der Waals surface area contributed by atoms with Crippen molar-refractivity contribution in [2.45, 2.75) is 29.5 Å². The van der Waals surface area contributed by atoms with Gasteiger partial charge in [-0.1, -0.05) is 17.4 Å². The molecule has 2 aromatic rings. The van der Waals surface area contributed by atoms with E-state index < -0.39 is 5.97 Å². The van der Waals surface area contributed by atoms with E-state index in [4.69, 9.17) is 4.74 Å². The summed E-state index contributed by atoms with van der Waals surface area (Å²) in [5.74, 6) is -1.30. The van der Waals surface area contributed by atoms with Crippen LogP contribution in [-0.2, 0) is 19.1 Å². The summed E-state index contributed by atoms with van der Waals surface area (Å²) in [4.78, 5) is 57.0. The highest BCUT2D eigenvalue weighted by molar-refractivity contribution is 8.00. The molecular weight excluding hydrogens is 456 g/mol. The highest BCUT2D eigenvalue weighted by atomic mass is 32.2. The van der Waals surface area contributed by atoms with Crippen LogP contribution in [0.3, 0.4) is 0 Å².